The quantitative estimate of drug-likeness (QED) is 0.610. The predicted octanol–water partition coefficient (Wildman–Crippen LogP) is 0.698. The summed E-state index contributed by atoms with van der Waals surface area (Å²) in [7, 11) is 1.88. The molecule has 0 unspecified atom stereocenters. The van der Waals surface area contributed by atoms with E-state index in [-0.39, 0.29) is 11.8 Å². The van der Waals surface area contributed by atoms with Crippen molar-refractivity contribution >= 4 is 0 Å². The number of alkyl halides is 3. The van der Waals surface area contributed by atoms with E-state index in [0.717, 1.165) is 6.54 Å². The standard InChI is InChI=1S/C8H13F3N2/c1-13-3-5-2-12-7(6(5)4-13)8(9,10)11/h5-7,12H,2-4H2,1H3/t5-,6+,7-/m0/s1. The maximum absolute atomic E-state index is 12.4. The van der Waals surface area contributed by atoms with Crippen LogP contribution in [0, 0.1) is 11.8 Å². The first-order valence-corrected chi connectivity index (χ1v) is 4.47. The van der Waals surface area contributed by atoms with Crippen molar-refractivity contribution in [3.63, 3.8) is 0 Å². The van der Waals surface area contributed by atoms with Gasteiger partial charge in [0.2, 0.25) is 0 Å². The molecule has 0 spiro atoms. The van der Waals surface area contributed by atoms with Crippen LogP contribution in [0.3, 0.4) is 0 Å². The largest absolute Gasteiger partial charge is 0.404 e. The highest BCUT2D eigenvalue weighted by atomic mass is 19.4. The van der Waals surface area contributed by atoms with E-state index in [0.29, 0.717) is 13.1 Å². The van der Waals surface area contributed by atoms with Gasteiger partial charge in [0.1, 0.15) is 6.04 Å². The maximum atomic E-state index is 12.4. The number of nitrogens with one attached hydrogen (secondary N) is 1. The molecular weight excluding hydrogens is 181 g/mol. The van der Waals surface area contributed by atoms with Crippen LogP contribution in [-0.2, 0) is 0 Å². The van der Waals surface area contributed by atoms with Crippen LogP contribution in [0.4, 0.5) is 13.2 Å². The van der Waals surface area contributed by atoms with Crippen LogP contribution < -0.4 is 5.32 Å². The molecule has 2 fully saturated rings. The van der Waals surface area contributed by atoms with E-state index in [1.54, 1.807) is 0 Å². The molecule has 0 saturated carbocycles. The molecule has 0 amide bonds. The summed E-state index contributed by atoms with van der Waals surface area (Å²) in [6.45, 7) is 1.88. The summed E-state index contributed by atoms with van der Waals surface area (Å²) in [6, 6.07) is -1.28. The summed E-state index contributed by atoms with van der Waals surface area (Å²) in [5, 5.41) is 2.57. The van der Waals surface area contributed by atoms with Crippen LogP contribution in [0.25, 0.3) is 0 Å². The van der Waals surface area contributed by atoms with Gasteiger partial charge in [0.25, 0.3) is 0 Å². The van der Waals surface area contributed by atoms with Crippen LogP contribution in [-0.4, -0.2) is 43.8 Å². The summed E-state index contributed by atoms with van der Waals surface area (Å²) in [6.07, 6.45) is -4.08. The van der Waals surface area contributed by atoms with E-state index in [4.69, 9.17) is 0 Å². The molecule has 0 bridgehead atoms. The van der Waals surface area contributed by atoms with Gasteiger partial charge in [0.05, 0.1) is 0 Å². The third-order valence-electron chi connectivity index (χ3n) is 3.05. The fraction of sp³-hybridized carbons (Fsp3) is 1.00. The van der Waals surface area contributed by atoms with Gasteiger partial charge >= 0.3 is 6.18 Å². The fourth-order valence-electron chi connectivity index (χ4n) is 2.50. The smallest absolute Gasteiger partial charge is 0.306 e. The molecule has 2 aliphatic rings. The first-order chi connectivity index (χ1) is 5.98. The number of halogens is 3. The maximum Gasteiger partial charge on any atom is 0.404 e. The van der Waals surface area contributed by atoms with Gasteiger partial charge in [-0.2, -0.15) is 13.2 Å². The number of hydrogen-bond acceptors (Lipinski definition) is 2. The lowest BCUT2D eigenvalue weighted by molar-refractivity contribution is -0.161. The van der Waals surface area contributed by atoms with Gasteiger partial charge in [-0.25, -0.2) is 0 Å². The highest BCUT2D eigenvalue weighted by molar-refractivity contribution is 4.99. The van der Waals surface area contributed by atoms with Gasteiger partial charge in [-0.1, -0.05) is 0 Å². The predicted molar refractivity (Wildman–Crippen MR) is 42.3 cm³/mol. The number of rotatable bonds is 0. The molecule has 0 aliphatic carbocycles. The van der Waals surface area contributed by atoms with Gasteiger partial charge in [0.15, 0.2) is 0 Å². The van der Waals surface area contributed by atoms with Crippen LogP contribution in [0.1, 0.15) is 0 Å². The monoisotopic (exact) mass is 194 g/mol. The Labute approximate surface area is 75.1 Å². The Balaban J connectivity index is 2.09. The summed E-state index contributed by atoms with van der Waals surface area (Å²) < 4.78 is 37.3. The molecule has 0 aromatic carbocycles. The van der Waals surface area contributed by atoms with Crippen LogP contribution in [0.15, 0.2) is 0 Å². The number of fused-ring (bicyclic) bond motifs is 1. The second kappa shape index (κ2) is 2.85. The Bertz CT molecular complexity index is 204. The molecule has 2 saturated heterocycles. The second-order valence-corrected chi connectivity index (χ2v) is 4.07. The number of likely N-dealkylation sites (tertiary alicyclic amines) is 1. The second-order valence-electron chi connectivity index (χ2n) is 4.07. The molecule has 5 heteroatoms. The minimum Gasteiger partial charge on any atom is -0.306 e. The molecule has 2 nitrogen and oxygen atoms in total. The Morgan fingerprint density at radius 1 is 1.31 bits per heavy atom. The van der Waals surface area contributed by atoms with E-state index in [9.17, 15) is 13.2 Å². The summed E-state index contributed by atoms with van der Waals surface area (Å²) >= 11 is 0. The molecule has 13 heavy (non-hydrogen) atoms. The minimum atomic E-state index is -4.08. The van der Waals surface area contributed by atoms with E-state index in [1.165, 1.54) is 0 Å². The van der Waals surface area contributed by atoms with Gasteiger partial charge in [0, 0.05) is 25.6 Å². The topological polar surface area (TPSA) is 15.3 Å². The average Bonchev–Trinajstić information content (AvgIpc) is 2.41. The van der Waals surface area contributed by atoms with Crippen molar-refractivity contribution in [2.24, 2.45) is 11.8 Å². The van der Waals surface area contributed by atoms with Crippen LogP contribution in [0.2, 0.25) is 0 Å². The number of hydrogen-bond donors (Lipinski definition) is 1. The molecular formula is C8H13F3N2. The van der Waals surface area contributed by atoms with Crippen molar-refractivity contribution in [3.05, 3.63) is 0 Å². The van der Waals surface area contributed by atoms with Crippen molar-refractivity contribution in [3.8, 4) is 0 Å². The van der Waals surface area contributed by atoms with Crippen molar-refractivity contribution in [2.75, 3.05) is 26.7 Å². The van der Waals surface area contributed by atoms with E-state index in [1.807, 2.05) is 11.9 Å². The molecule has 3 atom stereocenters. The molecule has 2 rings (SSSR count). The summed E-state index contributed by atoms with van der Waals surface area (Å²) in [5.41, 5.74) is 0. The minimum absolute atomic E-state index is 0.191. The lowest BCUT2D eigenvalue weighted by Crippen LogP contribution is -2.43. The van der Waals surface area contributed by atoms with E-state index < -0.39 is 12.2 Å². The van der Waals surface area contributed by atoms with Crippen LogP contribution >= 0.6 is 0 Å². The molecule has 2 aliphatic heterocycles. The third kappa shape index (κ3) is 1.55. The fourth-order valence-corrected chi connectivity index (χ4v) is 2.50. The molecule has 0 aromatic rings. The Kier molecular flexibility index (Phi) is 2.03. The molecule has 0 radical (unpaired) electrons. The Morgan fingerprint density at radius 3 is 2.62 bits per heavy atom. The van der Waals surface area contributed by atoms with Gasteiger partial charge in [-0.15, -0.1) is 0 Å². The molecule has 76 valence electrons. The van der Waals surface area contributed by atoms with Gasteiger partial charge in [-0.3, -0.25) is 0 Å². The highest BCUT2D eigenvalue weighted by Gasteiger charge is 2.53. The average molecular weight is 194 g/mol. The van der Waals surface area contributed by atoms with E-state index >= 15 is 0 Å². The van der Waals surface area contributed by atoms with E-state index in [2.05, 4.69) is 5.32 Å². The van der Waals surface area contributed by atoms with Crippen molar-refractivity contribution in [1.29, 1.82) is 0 Å². The van der Waals surface area contributed by atoms with Crippen molar-refractivity contribution < 1.29 is 13.2 Å². The summed E-state index contributed by atoms with van der Waals surface area (Å²) in [5.74, 6) is -0.0402. The molecule has 1 N–H and O–H groups in total. The SMILES string of the molecule is CN1C[C@@H]2CN[C@H](C(F)(F)F)[C@@H]2C1. The van der Waals surface area contributed by atoms with Crippen molar-refractivity contribution in [1.82, 2.24) is 10.2 Å². The summed E-state index contributed by atoms with van der Waals surface area (Å²) in [4.78, 5) is 1.98. The van der Waals surface area contributed by atoms with Crippen molar-refractivity contribution in [2.45, 2.75) is 12.2 Å². The zero-order valence-electron chi connectivity index (χ0n) is 7.43. The Hall–Kier alpha value is -0.290. The van der Waals surface area contributed by atoms with Gasteiger partial charge < -0.3 is 10.2 Å². The first-order valence-electron chi connectivity index (χ1n) is 4.47. The highest BCUT2D eigenvalue weighted by Crippen LogP contribution is 2.37. The van der Waals surface area contributed by atoms with Crippen LogP contribution in [0.5, 0.6) is 0 Å². The molecule has 2 heterocycles. The normalized spacial score (nSPS) is 41.1. The lowest BCUT2D eigenvalue weighted by Gasteiger charge is -2.21. The first kappa shape index (κ1) is 9.27. The Morgan fingerprint density at radius 2 is 2.00 bits per heavy atom. The molecule has 0 aromatic heterocycles. The number of nitrogens with zero attached hydrogens (tertiary/aromatic N) is 1. The third-order valence-corrected chi connectivity index (χ3v) is 3.05. The zero-order valence-corrected chi connectivity index (χ0v) is 7.43. The zero-order chi connectivity index (χ0) is 9.64. The lowest BCUT2D eigenvalue weighted by atomic mass is 9.94. The van der Waals surface area contributed by atoms with Gasteiger partial charge in [-0.05, 0) is 13.0 Å².